The number of aromatic nitrogens is 1. The summed E-state index contributed by atoms with van der Waals surface area (Å²) in [6.07, 6.45) is 1.90. The molecule has 0 spiro atoms. The van der Waals surface area contributed by atoms with Gasteiger partial charge < -0.3 is 15.2 Å². The molecule has 0 radical (unpaired) electrons. The van der Waals surface area contributed by atoms with E-state index >= 15 is 0 Å². The van der Waals surface area contributed by atoms with E-state index in [1.54, 1.807) is 12.1 Å². The summed E-state index contributed by atoms with van der Waals surface area (Å²) in [5.41, 5.74) is 6.60. The second kappa shape index (κ2) is 8.34. The number of halogens is 2. The van der Waals surface area contributed by atoms with Crippen LogP contribution in [0.3, 0.4) is 0 Å². The minimum atomic E-state index is -0.706. The number of primary amides is 1. The van der Waals surface area contributed by atoms with E-state index in [0.717, 1.165) is 12.0 Å². The zero-order valence-electron chi connectivity index (χ0n) is 15.8. The molecule has 0 saturated heterocycles. The second-order valence-corrected chi connectivity index (χ2v) is 7.85. The number of carbonyl (C=O) groups excluding carboxylic acids is 1. The van der Waals surface area contributed by atoms with Gasteiger partial charge in [0, 0.05) is 35.1 Å². The third-order valence-corrected chi connectivity index (χ3v) is 5.00. The third kappa shape index (κ3) is 4.55. The number of rotatable bonds is 7. The Hall–Kier alpha value is -2.35. The van der Waals surface area contributed by atoms with Crippen LogP contribution in [-0.4, -0.2) is 28.9 Å². The second-order valence-electron chi connectivity index (χ2n) is 7.22. The molecule has 3 rings (SSSR count). The third-order valence-electron chi connectivity index (χ3n) is 4.55. The first-order valence-corrected chi connectivity index (χ1v) is 9.88. The van der Waals surface area contributed by atoms with Gasteiger partial charge in [-0.1, -0.05) is 0 Å². The highest BCUT2D eigenvalue weighted by Gasteiger charge is 2.31. The molecule has 1 aromatic carbocycles. The van der Waals surface area contributed by atoms with Crippen LogP contribution < -0.4 is 15.2 Å². The molecule has 1 amide bonds. The number of hydrogen-bond acceptors (Lipinski definition) is 5. The molecule has 1 aliphatic heterocycles. The predicted molar refractivity (Wildman–Crippen MR) is 105 cm³/mol. The zero-order chi connectivity index (χ0) is 20.3. The summed E-state index contributed by atoms with van der Waals surface area (Å²) >= 11 is 0.247. The molecule has 0 fully saturated rings. The Kier molecular flexibility index (Phi) is 6.07. The molecule has 150 valence electrons. The molecule has 2 heterocycles. The summed E-state index contributed by atoms with van der Waals surface area (Å²) in [5.74, 6) is -0.199. The first-order chi connectivity index (χ1) is 13.3. The van der Waals surface area contributed by atoms with E-state index in [2.05, 4.69) is 4.98 Å². The summed E-state index contributed by atoms with van der Waals surface area (Å²) in [5, 5.41) is 0. The standard InChI is InChI=1S/C20H22F2N2O3S/c1-20(2)7-6-14-15(11-17(18(23)25)24-19(14)27-20)13-5-4-12(10-16(13)21)26-8-3-9-28-22/h4-5,10-11H,3,6-9H2,1-2H3,(H2,23,25). The highest BCUT2D eigenvalue weighted by molar-refractivity contribution is 7.94. The van der Waals surface area contributed by atoms with Crippen molar-refractivity contribution in [2.75, 3.05) is 12.4 Å². The summed E-state index contributed by atoms with van der Waals surface area (Å²) in [7, 11) is 0. The molecule has 5 nitrogen and oxygen atoms in total. The van der Waals surface area contributed by atoms with Gasteiger partial charge in [0.2, 0.25) is 5.88 Å². The minimum Gasteiger partial charge on any atom is -0.493 e. The van der Waals surface area contributed by atoms with E-state index < -0.39 is 17.3 Å². The maximum atomic E-state index is 14.8. The van der Waals surface area contributed by atoms with Crippen LogP contribution in [0.15, 0.2) is 24.3 Å². The van der Waals surface area contributed by atoms with Crippen LogP contribution in [0.2, 0.25) is 0 Å². The Labute approximate surface area is 166 Å². The van der Waals surface area contributed by atoms with Crippen molar-refractivity contribution in [3.63, 3.8) is 0 Å². The van der Waals surface area contributed by atoms with E-state index in [0.29, 0.717) is 48.0 Å². The lowest BCUT2D eigenvalue weighted by atomic mass is 9.90. The summed E-state index contributed by atoms with van der Waals surface area (Å²) in [4.78, 5) is 15.9. The molecule has 0 aliphatic carbocycles. The first-order valence-electron chi connectivity index (χ1n) is 9.00. The number of fused-ring (bicyclic) bond motifs is 1. The van der Waals surface area contributed by atoms with Gasteiger partial charge in [0.1, 0.15) is 22.9 Å². The van der Waals surface area contributed by atoms with Crippen LogP contribution >= 0.6 is 12.1 Å². The van der Waals surface area contributed by atoms with Crippen molar-refractivity contribution >= 4 is 18.1 Å². The van der Waals surface area contributed by atoms with Gasteiger partial charge in [-0.15, -0.1) is 0 Å². The molecular formula is C20H22F2N2O3S. The number of carbonyl (C=O) groups is 1. The van der Waals surface area contributed by atoms with Crippen LogP contribution in [0.4, 0.5) is 8.28 Å². The molecule has 1 aromatic heterocycles. The summed E-state index contributed by atoms with van der Waals surface area (Å²) in [6, 6.07) is 6.02. The topological polar surface area (TPSA) is 74.4 Å². The Bertz CT molecular complexity index is 890. The van der Waals surface area contributed by atoms with Crippen molar-refractivity contribution < 1.29 is 22.5 Å². The smallest absolute Gasteiger partial charge is 0.267 e. The lowest BCUT2D eigenvalue weighted by molar-refractivity contribution is 0.0774. The number of nitrogens with two attached hydrogens (primary N) is 1. The number of hydrogen-bond donors (Lipinski definition) is 1. The van der Waals surface area contributed by atoms with Gasteiger partial charge in [-0.25, -0.2) is 9.37 Å². The fraction of sp³-hybridized carbons (Fsp3) is 0.400. The maximum Gasteiger partial charge on any atom is 0.267 e. The first kappa shape index (κ1) is 20.4. The normalized spacial score (nSPS) is 14.9. The average Bonchev–Trinajstić information content (AvgIpc) is 2.63. The SMILES string of the molecule is CC1(C)CCc2c(-c3ccc(OCCCSF)cc3F)cc(C(N)=O)nc2O1. The van der Waals surface area contributed by atoms with Gasteiger partial charge in [-0.3, -0.25) is 4.79 Å². The Balaban J connectivity index is 1.96. The van der Waals surface area contributed by atoms with E-state index in [1.807, 2.05) is 13.8 Å². The van der Waals surface area contributed by atoms with Gasteiger partial charge in [0.15, 0.2) is 0 Å². The molecule has 2 N–H and O–H groups in total. The molecule has 0 unspecified atom stereocenters. The summed E-state index contributed by atoms with van der Waals surface area (Å²) < 4.78 is 38.3. The van der Waals surface area contributed by atoms with Gasteiger partial charge >= 0.3 is 0 Å². The number of nitrogens with zero attached hydrogens (tertiary/aromatic N) is 1. The fourth-order valence-corrected chi connectivity index (χ4v) is 3.31. The highest BCUT2D eigenvalue weighted by Crippen LogP contribution is 2.39. The largest absolute Gasteiger partial charge is 0.493 e. The Morgan fingerprint density at radius 2 is 2.14 bits per heavy atom. The van der Waals surface area contributed by atoms with Crippen LogP contribution in [0.25, 0.3) is 11.1 Å². The number of pyridine rings is 1. The van der Waals surface area contributed by atoms with Crippen molar-refractivity contribution in [3.8, 4) is 22.8 Å². The molecule has 0 saturated carbocycles. The van der Waals surface area contributed by atoms with Crippen LogP contribution in [0.5, 0.6) is 11.6 Å². The molecular weight excluding hydrogens is 386 g/mol. The maximum absolute atomic E-state index is 14.8. The van der Waals surface area contributed by atoms with Crippen molar-refractivity contribution in [2.45, 2.75) is 38.7 Å². The van der Waals surface area contributed by atoms with Crippen molar-refractivity contribution in [2.24, 2.45) is 5.73 Å². The number of amides is 1. The average molecular weight is 408 g/mol. The number of ether oxygens (including phenoxy) is 2. The van der Waals surface area contributed by atoms with Crippen LogP contribution in [0, 0.1) is 5.82 Å². The molecule has 8 heteroatoms. The fourth-order valence-electron chi connectivity index (χ4n) is 3.09. The van der Waals surface area contributed by atoms with Crippen LogP contribution in [0.1, 0.15) is 42.7 Å². The van der Waals surface area contributed by atoms with Gasteiger partial charge in [0.05, 0.1) is 6.61 Å². The molecule has 28 heavy (non-hydrogen) atoms. The lowest BCUT2D eigenvalue weighted by Gasteiger charge is -2.32. The van der Waals surface area contributed by atoms with E-state index in [1.165, 1.54) is 12.1 Å². The van der Waals surface area contributed by atoms with E-state index in [9.17, 15) is 13.1 Å². The number of benzene rings is 1. The van der Waals surface area contributed by atoms with E-state index in [4.69, 9.17) is 15.2 Å². The van der Waals surface area contributed by atoms with Crippen molar-refractivity contribution in [1.82, 2.24) is 4.98 Å². The predicted octanol–water partition coefficient (Wildman–Crippen LogP) is 4.48. The van der Waals surface area contributed by atoms with Gasteiger partial charge in [0.25, 0.3) is 5.91 Å². The highest BCUT2D eigenvalue weighted by atomic mass is 32.2. The molecule has 0 bridgehead atoms. The van der Waals surface area contributed by atoms with Crippen molar-refractivity contribution in [1.29, 1.82) is 0 Å². The molecule has 0 atom stereocenters. The van der Waals surface area contributed by atoms with Crippen molar-refractivity contribution in [3.05, 3.63) is 41.3 Å². The lowest BCUT2D eigenvalue weighted by Crippen LogP contribution is -2.34. The minimum absolute atomic E-state index is 0.0231. The van der Waals surface area contributed by atoms with Gasteiger partial charge in [-0.05, 0) is 56.9 Å². The molecule has 1 aliphatic rings. The Morgan fingerprint density at radius 1 is 1.36 bits per heavy atom. The zero-order valence-corrected chi connectivity index (χ0v) is 16.6. The van der Waals surface area contributed by atoms with E-state index in [-0.39, 0.29) is 17.8 Å². The molecule has 2 aromatic rings. The van der Waals surface area contributed by atoms with Crippen LogP contribution in [-0.2, 0) is 6.42 Å². The van der Waals surface area contributed by atoms with Gasteiger partial charge in [-0.2, -0.15) is 3.89 Å². The Morgan fingerprint density at radius 3 is 2.82 bits per heavy atom. The summed E-state index contributed by atoms with van der Waals surface area (Å²) in [6.45, 7) is 4.17. The quantitative estimate of drug-likeness (QED) is 0.684. The monoisotopic (exact) mass is 408 g/mol.